The molecule has 0 saturated carbocycles. The van der Waals surface area contributed by atoms with Crippen molar-refractivity contribution in [2.75, 3.05) is 5.43 Å². The molecule has 118 valence electrons. The Morgan fingerprint density at radius 3 is 2.91 bits per heavy atom. The van der Waals surface area contributed by atoms with Gasteiger partial charge in [0.05, 0.1) is 22.1 Å². The number of amides is 1. The van der Waals surface area contributed by atoms with Gasteiger partial charge in [0, 0.05) is 19.2 Å². The highest BCUT2D eigenvalue weighted by atomic mass is 35.5. The van der Waals surface area contributed by atoms with Crippen molar-refractivity contribution < 1.29 is 4.79 Å². The number of hydrogen-bond donors (Lipinski definition) is 2. The van der Waals surface area contributed by atoms with Crippen LogP contribution in [0, 0.1) is 4.77 Å². The number of H-pyrrole nitrogens is 1. The second kappa shape index (κ2) is 6.35. The zero-order valence-corrected chi connectivity index (χ0v) is 13.4. The Kier molecular flexibility index (Phi) is 4.26. The van der Waals surface area contributed by atoms with Crippen LogP contribution in [0.1, 0.15) is 6.42 Å². The van der Waals surface area contributed by atoms with Crippen molar-refractivity contribution in [3.63, 3.8) is 0 Å². The van der Waals surface area contributed by atoms with E-state index in [-0.39, 0.29) is 22.7 Å². The first kappa shape index (κ1) is 15.4. The molecule has 7 nitrogen and oxygen atoms in total. The van der Waals surface area contributed by atoms with Crippen LogP contribution >= 0.6 is 23.8 Å². The quantitative estimate of drug-likeness (QED) is 0.706. The van der Waals surface area contributed by atoms with Crippen LogP contribution in [-0.4, -0.2) is 25.3 Å². The fourth-order valence-electron chi connectivity index (χ4n) is 2.12. The predicted octanol–water partition coefficient (Wildman–Crippen LogP) is 2.07. The normalized spacial score (nSPS) is 10.8. The molecule has 0 aliphatic heterocycles. The van der Waals surface area contributed by atoms with E-state index in [1.807, 2.05) is 0 Å². The number of benzene rings is 1. The van der Waals surface area contributed by atoms with Crippen LogP contribution in [0.25, 0.3) is 10.9 Å². The summed E-state index contributed by atoms with van der Waals surface area (Å²) in [5.74, 6) is -0.353. The number of aromatic amines is 1. The monoisotopic (exact) mass is 349 g/mol. The molecule has 2 heterocycles. The first-order valence-electron chi connectivity index (χ1n) is 6.76. The lowest BCUT2D eigenvalue weighted by molar-refractivity contribution is -0.117. The lowest BCUT2D eigenvalue weighted by atomic mass is 10.2. The van der Waals surface area contributed by atoms with Gasteiger partial charge in [0.2, 0.25) is 5.91 Å². The van der Waals surface area contributed by atoms with Gasteiger partial charge in [-0.05, 0) is 24.4 Å². The Balaban J connectivity index is 1.79. The standard InChI is InChI=1S/C14H12ClN5O2S/c15-9-7-16-19(8-9)6-5-12(21)18-20-13(22)10-3-1-2-4-11(10)17-14(20)23/h1-4,7-8H,5-6H2,(H,17,23)(H,18,21). The average molecular weight is 350 g/mol. The summed E-state index contributed by atoms with van der Waals surface area (Å²) >= 11 is 10.9. The third-order valence-corrected chi connectivity index (χ3v) is 3.69. The summed E-state index contributed by atoms with van der Waals surface area (Å²) in [6.07, 6.45) is 3.24. The van der Waals surface area contributed by atoms with E-state index in [1.165, 1.54) is 6.20 Å². The lowest BCUT2D eigenvalue weighted by Gasteiger charge is -2.09. The molecular formula is C14H12ClN5O2S. The SMILES string of the molecule is O=C(CCn1cc(Cl)cn1)Nn1c(=S)[nH]c2ccccc2c1=O. The first-order valence-corrected chi connectivity index (χ1v) is 7.55. The third-order valence-electron chi connectivity index (χ3n) is 3.21. The Morgan fingerprint density at radius 1 is 1.39 bits per heavy atom. The minimum Gasteiger partial charge on any atom is -0.330 e. The Bertz CT molecular complexity index is 990. The minimum atomic E-state index is -0.375. The molecule has 0 spiro atoms. The van der Waals surface area contributed by atoms with Crippen LogP contribution in [-0.2, 0) is 11.3 Å². The molecule has 0 aliphatic rings. The Hall–Kier alpha value is -2.45. The van der Waals surface area contributed by atoms with Crippen LogP contribution in [0.4, 0.5) is 0 Å². The summed E-state index contributed by atoms with van der Waals surface area (Å²) in [6.45, 7) is 0.345. The number of halogens is 1. The Morgan fingerprint density at radius 2 is 2.17 bits per heavy atom. The molecule has 0 atom stereocenters. The van der Waals surface area contributed by atoms with E-state index in [9.17, 15) is 9.59 Å². The fourth-order valence-corrected chi connectivity index (χ4v) is 2.52. The predicted molar refractivity (Wildman–Crippen MR) is 89.6 cm³/mol. The van der Waals surface area contributed by atoms with Gasteiger partial charge in [0.1, 0.15) is 0 Å². The highest BCUT2D eigenvalue weighted by molar-refractivity contribution is 7.71. The molecule has 0 unspecified atom stereocenters. The molecule has 23 heavy (non-hydrogen) atoms. The molecule has 2 aromatic heterocycles. The molecule has 0 radical (unpaired) electrons. The smallest absolute Gasteiger partial charge is 0.281 e. The molecule has 1 amide bonds. The molecule has 1 aromatic carbocycles. The van der Waals surface area contributed by atoms with Crippen molar-refractivity contribution in [1.82, 2.24) is 19.4 Å². The van der Waals surface area contributed by atoms with Crippen molar-refractivity contribution in [3.8, 4) is 0 Å². The van der Waals surface area contributed by atoms with Crippen LogP contribution in [0.15, 0.2) is 41.5 Å². The number of carbonyl (C=O) groups is 1. The van der Waals surface area contributed by atoms with Crippen molar-refractivity contribution in [2.45, 2.75) is 13.0 Å². The average Bonchev–Trinajstić information content (AvgIpc) is 2.95. The van der Waals surface area contributed by atoms with Gasteiger partial charge in [0.25, 0.3) is 5.56 Å². The van der Waals surface area contributed by atoms with Crippen LogP contribution in [0.3, 0.4) is 0 Å². The van der Waals surface area contributed by atoms with Gasteiger partial charge in [-0.1, -0.05) is 23.7 Å². The zero-order chi connectivity index (χ0) is 16.4. The third kappa shape index (κ3) is 3.33. The maximum absolute atomic E-state index is 12.4. The van der Waals surface area contributed by atoms with Crippen molar-refractivity contribution in [2.24, 2.45) is 0 Å². The van der Waals surface area contributed by atoms with Gasteiger partial charge in [-0.15, -0.1) is 0 Å². The van der Waals surface area contributed by atoms with Crippen molar-refractivity contribution in [3.05, 3.63) is 56.8 Å². The summed E-state index contributed by atoms with van der Waals surface area (Å²) < 4.78 is 2.71. The molecule has 3 aromatic rings. The van der Waals surface area contributed by atoms with E-state index >= 15 is 0 Å². The van der Waals surface area contributed by atoms with Gasteiger partial charge in [-0.25, -0.2) is 0 Å². The molecule has 9 heteroatoms. The molecule has 0 saturated heterocycles. The number of fused-ring (bicyclic) bond motifs is 1. The largest absolute Gasteiger partial charge is 0.330 e. The van der Waals surface area contributed by atoms with Gasteiger partial charge < -0.3 is 4.98 Å². The van der Waals surface area contributed by atoms with Crippen LogP contribution in [0.2, 0.25) is 5.02 Å². The van der Waals surface area contributed by atoms with E-state index in [2.05, 4.69) is 15.5 Å². The summed E-state index contributed by atoms with van der Waals surface area (Å²) in [5.41, 5.74) is 2.75. The summed E-state index contributed by atoms with van der Waals surface area (Å²) in [4.78, 5) is 27.3. The van der Waals surface area contributed by atoms with Gasteiger partial charge in [-0.3, -0.25) is 19.7 Å². The highest BCUT2D eigenvalue weighted by Gasteiger charge is 2.09. The summed E-state index contributed by atoms with van der Waals surface area (Å²) in [5, 5.41) is 4.92. The molecule has 3 rings (SSSR count). The number of aryl methyl sites for hydroxylation is 1. The van der Waals surface area contributed by atoms with Gasteiger partial charge in [0.15, 0.2) is 4.77 Å². The topological polar surface area (TPSA) is 84.7 Å². The summed E-state index contributed by atoms with van der Waals surface area (Å²) in [7, 11) is 0. The highest BCUT2D eigenvalue weighted by Crippen LogP contribution is 2.06. The second-order valence-electron chi connectivity index (χ2n) is 4.82. The number of nitrogens with one attached hydrogen (secondary N) is 2. The van der Waals surface area contributed by atoms with Crippen molar-refractivity contribution >= 4 is 40.6 Å². The lowest BCUT2D eigenvalue weighted by Crippen LogP contribution is -2.34. The van der Waals surface area contributed by atoms with Gasteiger partial charge in [-0.2, -0.15) is 9.77 Å². The van der Waals surface area contributed by atoms with Crippen LogP contribution < -0.4 is 11.0 Å². The summed E-state index contributed by atoms with van der Waals surface area (Å²) in [6, 6.07) is 6.96. The maximum atomic E-state index is 12.4. The molecule has 2 N–H and O–H groups in total. The number of para-hydroxylation sites is 1. The maximum Gasteiger partial charge on any atom is 0.281 e. The fraction of sp³-hybridized carbons (Fsp3) is 0.143. The molecule has 0 bridgehead atoms. The first-order chi connectivity index (χ1) is 11.0. The zero-order valence-electron chi connectivity index (χ0n) is 11.8. The minimum absolute atomic E-state index is 0.129. The van der Waals surface area contributed by atoms with E-state index in [0.29, 0.717) is 22.5 Å². The van der Waals surface area contributed by atoms with Crippen LogP contribution in [0.5, 0.6) is 0 Å². The number of rotatable bonds is 4. The number of hydrogen-bond acceptors (Lipinski definition) is 4. The molecule has 0 aliphatic carbocycles. The second-order valence-corrected chi connectivity index (χ2v) is 5.65. The van der Waals surface area contributed by atoms with E-state index in [4.69, 9.17) is 23.8 Å². The number of aromatic nitrogens is 4. The van der Waals surface area contributed by atoms with E-state index in [0.717, 1.165) is 4.68 Å². The molecule has 0 fully saturated rings. The van der Waals surface area contributed by atoms with E-state index in [1.54, 1.807) is 35.1 Å². The van der Waals surface area contributed by atoms with Gasteiger partial charge >= 0.3 is 0 Å². The van der Waals surface area contributed by atoms with Crippen molar-refractivity contribution in [1.29, 1.82) is 0 Å². The molecular weight excluding hydrogens is 338 g/mol. The Labute approximate surface area is 140 Å². The van der Waals surface area contributed by atoms with E-state index < -0.39 is 0 Å². The number of nitrogens with zero attached hydrogens (tertiary/aromatic N) is 3. The number of carbonyl (C=O) groups excluding carboxylic acids is 1.